The number of benzene rings is 3. The van der Waals surface area contributed by atoms with Crippen LogP contribution in [0.4, 0.5) is 0 Å². The predicted octanol–water partition coefficient (Wildman–Crippen LogP) is 12.4. The van der Waals surface area contributed by atoms with Crippen molar-refractivity contribution in [3.63, 3.8) is 0 Å². The molecule has 1 aromatic heterocycles. The number of esters is 3. The number of hydrogen-bond acceptors (Lipinski definition) is 16. The highest BCUT2D eigenvalue weighted by Crippen LogP contribution is 2.56. The van der Waals surface area contributed by atoms with E-state index in [1.165, 1.54) is 0 Å². The molecule has 2 heterocycles. The van der Waals surface area contributed by atoms with Crippen LogP contribution in [-0.4, -0.2) is 107 Å². The van der Waals surface area contributed by atoms with Gasteiger partial charge in [-0.25, -0.2) is 24.0 Å². The van der Waals surface area contributed by atoms with E-state index in [4.69, 9.17) is 37.5 Å². The van der Waals surface area contributed by atoms with Crippen LogP contribution in [0.15, 0.2) is 120 Å². The van der Waals surface area contributed by atoms with Crippen molar-refractivity contribution < 1.29 is 51.9 Å². The molecule has 0 bridgehead atoms. The van der Waals surface area contributed by atoms with E-state index in [1.54, 1.807) is 119 Å². The first-order chi connectivity index (χ1) is 35.4. The average molecular weight is 1070 g/mol. The van der Waals surface area contributed by atoms with Gasteiger partial charge in [0.1, 0.15) is 11.1 Å². The van der Waals surface area contributed by atoms with Crippen molar-refractivity contribution in [2.45, 2.75) is 159 Å². The molecule has 10 unspecified atom stereocenters. The maximum Gasteiger partial charge on any atom is 0.338 e. The summed E-state index contributed by atoms with van der Waals surface area (Å²) in [7, 11) is 1.90. The molecule has 3 aliphatic rings. The molecule has 0 spiro atoms. The maximum atomic E-state index is 14.3. The Morgan fingerprint density at radius 2 is 1.24 bits per heavy atom. The van der Waals surface area contributed by atoms with Crippen LogP contribution in [0, 0.1) is 22.2 Å². The van der Waals surface area contributed by atoms with Crippen molar-refractivity contribution >= 4 is 48.0 Å². The van der Waals surface area contributed by atoms with Gasteiger partial charge in [0.25, 0.3) is 8.53 Å². The number of pyridine rings is 1. The molecule has 3 aromatic carbocycles. The largest absolute Gasteiger partial charge is 0.452 e. The second-order valence-electron chi connectivity index (χ2n) is 21.4. The van der Waals surface area contributed by atoms with E-state index in [1.807, 2.05) is 18.2 Å². The molecule has 10 atom stereocenters. The zero-order valence-corrected chi connectivity index (χ0v) is 46.4. The number of ether oxygens (including phenoxy) is 6. The van der Waals surface area contributed by atoms with Crippen molar-refractivity contribution in [1.29, 1.82) is 5.26 Å². The summed E-state index contributed by atoms with van der Waals surface area (Å²) in [6.45, 7) is 17.3. The minimum atomic E-state index is -1.53. The molecule has 7 rings (SSSR count). The third-order valence-electron chi connectivity index (χ3n) is 13.8. The van der Waals surface area contributed by atoms with Crippen LogP contribution in [0.5, 0.6) is 0 Å². The van der Waals surface area contributed by atoms with Crippen LogP contribution in [0.2, 0.25) is 0 Å². The number of hydrogen-bond donors (Lipinski definition) is 0. The van der Waals surface area contributed by atoms with Gasteiger partial charge in [-0.3, -0.25) is 0 Å². The van der Waals surface area contributed by atoms with Crippen molar-refractivity contribution in [3.8, 4) is 6.07 Å². The van der Waals surface area contributed by atoms with Gasteiger partial charge in [-0.1, -0.05) is 85.3 Å². The maximum absolute atomic E-state index is 14.3. The van der Waals surface area contributed by atoms with Gasteiger partial charge in [0.2, 0.25) is 0 Å². The first kappa shape index (κ1) is 57.3. The molecule has 2 saturated carbocycles. The van der Waals surface area contributed by atoms with Crippen molar-refractivity contribution in [1.82, 2.24) is 9.65 Å². The Kier molecular flexibility index (Phi) is 20.2. The Hall–Kier alpha value is -4.40. The molecule has 0 N–H and O–H groups in total. The second kappa shape index (κ2) is 26.1. The second-order valence-corrected chi connectivity index (χ2v) is 25.1. The SMILES string of the molecule is CC(C)N(C(C)C)P(OCCC#N)OC1(C)CCC(C)(COC2OC(COC3(C)CCC(C)(CSSc4ccccn4)C3)C(OC(=O)c3ccccc3)C(OC(=O)c3ccccc3)C2OC(=O)c2ccccc2)C1. The highest BCUT2D eigenvalue weighted by atomic mass is 33.1. The topological polar surface area (TPSA) is 165 Å². The van der Waals surface area contributed by atoms with Crippen LogP contribution < -0.4 is 0 Å². The third kappa shape index (κ3) is 15.6. The molecule has 1 saturated heterocycles. The number of carbonyl (C=O) groups excluding carboxylic acids is 3. The Morgan fingerprint density at radius 1 is 0.716 bits per heavy atom. The normalized spacial score (nSPS) is 28.2. The summed E-state index contributed by atoms with van der Waals surface area (Å²) in [6, 6.07) is 33.8. The van der Waals surface area contributed by atoms with Crippen LogP contribution in [-0.2, 0) is 37.5 Å². The van der Waals surface area contributed by atoms with E-state index < -0.39 is 73.8 Å². The van der Waals surface area contributed by atoms with E-state index >= 15 is 0 Å². The first-order valence-electron chi connectivity index (χ1n) is 25.6. The Labute approximate surface area is 446 Å². The summed E-state index contributed by atoms with van der Waals surface area (Å²) >= 11 is 0. The zero-order chi connectivity index (χ0) is 52.9. The van der Waals surface area contributed by atoms with Crippen LogP contribution in [0.1, 0.15) is 131 Å². The van der Waals surface area contributed by atoms with Crippen LogP contribution in [0.25, 0.3) is 0 Å². The predicted molar refractivity (Wildman–Crippen MR) is 287 cm³/mol. The smallest absolute Gasteiger partial charge is 0.338 e. The molecule has 14 nitrogen and oxygen atoms in total. The van der Waals surface area contributed by atoms with Gasteiger partial charge in [0.15, 0.2) is 24.6 Å². The zero-order valence-electron chi connectivity index (χ0n) is 43.9. The van der Waals surface area contributed by atoms with Gasteiger partial charge >= 0.3 is 17.9 Å². The van der Waals surface area contributed by atoms with Gasteiger partial charge in [0.05, 0.1) is 60.2 Å². The molecular formula is C57H72N3O11PS2. The summed E-state index contributed by atoms with van der Waals surface area (Å²) < 4.78 is 55.5. The van der Waals surface area contributed by atoms with Gasteiger partial charge in [-0.15, -0.1) is 0 Å². The van der Waals surface area contributed by atoms with Crippen molar-refractivity contribution in [2.24, 2.45) is 10.8 Å². The van der Waals surface area contributed by atoms with Gasteiger partial charge in [0, 0.05) is 24.0 Å². The standard InChI is InChI=1S/C57H72N3O11PS2/c1-40(2)60(41(3)4)72(66-34-20-32-58)71-57(8)31-28-54(5,36-57)38-64-53-49(70-52(63)44-25-16-11-17-26-44)48(69-51(62)43-23-14-10-15-24-43)47(68-50(61)42-21-12-9-13-22-42)45(67-53)35-65-56(7)30-29-55(6,37-56)39-73-74-46-27-18-19-33-59-46/h9-19,21-27,33,40-41,45,47-49,53H,20,28-31,34-39H2,1-8H3. The highest BCUT2D eigenvalue weighted by molar-refractivity contribution is 8.76. The van der Waals surface area contributed by atoms with Gasteiger partial charge < -0.3 is 37.5 Å². The Bertz CT molecular complexity index is 2470. The van der Waals surface area contributed by atoms with E-state index in [-0.39, 0.29) is 60.4 Å². The Balaban J connectivity index is 1.20. The molecule has 2 aliphatic carbocycles. The monoisotopic (exact) mass is 1070 g/mol. The lowest BCUT2D eigenvalue weighted by Crippen LogP contribution is -2.63. The van der Waals surface area contributed by atoms with Crippen LogP contribution in [0.3, 0.4) is 0 Å². The fourth-order valence-electron chi connectivity index (χ4n) is 10.3. The Morgan fingerprint density at radius 3 is 1.80 bits per heavy atom. The molecule has 3 fully saturated rings. The molecule has 0 amide bonds. The van der Waals surface area contributed by atoms with E-state index in [2.05, 4.69) is 71.1 Å². The molecular weight excluding hydrogens is 998 g/mol. The fraction of sp³-hybridized carbons (Fsp3) is 0.526. The van der Waals surface area contributed by atoms with E-state index in [0.717, 1.165) is 30.0 Å². The minimum Gasteiger partial charge on any atom is -0.452 e. The van der Waals surface area contributed by atoms with Crippen LogP contribution >= 0.6 is 30.1 Å². The highest BCUT2D eigenvalue weighted by Gasteiger charge is 2.56. The lowest BCUT2D eigenvalue weighted by Gasteiger charge is -2.45. The third-order valence-corrected chi connectivity index (χ3v) is 18.7. The number of rotatable bonds is 24. The number of nitriles is 1. The van der Waals surface area contributed by atoms with Crippen molar-refractivity contribution in [3.05, 3.63) is 132 Å². The first-order valence-corrected chi connectivity index (χ1v) is 29.0. The molecule has 1 aliphatic heterocycles. The summed E-state index contributed by atoms with van der Waals surface area (Å²) in [5.74, 6) is -1.26. The lowest BCUT2D eigenvalue weighted by atomic mass is 9.88. The minimum absolute atomic E-state index is 0.0509. The average Bonchev–Trinajstić information content (AvgIpc) is 3.87. The summed E-state index contributed by atoms with van der Waals surface area (Å²) in [5.41, 5.74) is -0.987. The van der Waals surface area contributed by atoms with E-state index in [9.17, 15) is 19.6 Å². The van der Waals surface area contributed by atoms with E-state index in [0.29, 0.717) is 19.3 Å². The fourth-order valence-corrected chi connectivity index (χ4v) is 14.7. The number of nitrogens with zero attached hydrogens (tertiary/aromatic N) is 3. The number of aromatic nitrogens is 1. The van der Waals surface area contributed by atoms with Gasteiger partial charge in [-0.05, 0) is 150 Å². The molecule has 74 heavy (non-hydrogen) atoms. The summed E-state index contributed by atoms with van der Waals surface area (Å²) in [5, 5.41) is 10.3. The number of carbonyl (C=O) groups is 3. The molecule has 4 aromatic rings. The molecule has 398 valence electrons. The molecule has 17 heteroatoms. The lowest BCUT2D eigenvalue weighted by molar-refractivity contribution is -0.308. The van der Waals surface area contributed by atoms with Gasteiger partial charge in [-0.2, -0.15) is 5.26 Å². The molecule has 0 radical (unpaired) electrons. The summed E-state index contributed by atoms with van der Waals surface area (Å²) in [4.78, 5) is 47.3. The quantitative estimate of drug-likeness (QED) is 0.0214. The summed E-state index contributed by atoms with van der Waals surface area (Å²) in [6.07, 6.45) is -0.147. The van der Waals surface area contributed by atoms with Crippen molar-refractivity contribution in [2.75, 3.05) is 25.6 Å².